The molecule has 2 rings (SSSR count). The summed E-state index contributed by atoms with van der Waals surface area (Å²) in [7, 11) is 0. The number of pyridine rings is 1. The van der Waals surface area contributed by atoms with Gasteiger partial charge in [0.15, 0.2) is 11.5 Å². The predicted molar refractivity (Wildman–Crippen MR) is 62.5 cm³/mol. The van der Waals surface area contributed by atoms with E-state index in [9.17, 15) is 9.18 Å². The lowest BCUT2D eigenvalue weighted by Crippen LogP contribution is -2.06. The van der Waals surface area contributed by atoms with Crippen LogP contribution in [-0.4, -0.2) is 27.5 Å². The van der Waals surface area contributed by atoms with E-state index < -0.39 is 11.8 Å². The van der Waals surface area contributed by atoms with Crippen molar-refractivity contribution in [2.75, 3.05) is 6.61 Å². The number of hydrogen-bond acceptors (Lipinski definition) is 4. The Morgan fingerprint density at radius 2 is 2.33 bits per heavy atom. The van der Waals surface area contributed by atoms with Crippen LogP contribution in [0.4, 0.5) is 4.39 Å². The zero-order valence-electron chi connectivity index (χ0n) is 10.0. The minimum Gasteiger partial charge on any atom is -0.461 e. The molecular weight excluding hydrogens is 237 g/mol. The average Bonchev–Trinajstić information content (AvgIpc) is 2.72. The number of halogens is 1. The number of ether oxygens (including phenoxy) is 1. The van der Waals surface area contributed by atoms with E-state index in [0.717, 1.165) is 6.20 Å². The maximum atomic E-state index is 13.5. The summed E-state index contributed by atoms with van der Waals surface area (Å²) in [4.78, 5) is 22.2. The maximum Gasteiger partial charge on any atom is 0.358 e. The fourth-order valence-corrected chi connectivity index (χ4v) is 1.55. The van der Waals surface area contributed by atoms with Gasteiger partial charge in [0.05, 0.1) is 18.4 Å². The fraction of sp³-hybridized carbons (Fsp3) is 0.250. The van der Waals surface area contributed by atoms with Gasteiger partial charge in [0.2, 0.25) is 0 Å². The molecule has 0 aliphatic heterocycles. The number of rotatable bonds is 3. The molecule has 0 fully saturated rings. The van der Waals surface area contributed by atoms with Crippen LogP contribution in [0.5, 0.6) is 0 Å². The second-order valence-corrected chi connectivity index (χ2v) is 3.64. The van der Waals surface area contributed by atoms with Crippen molar-refractivity contribution in [2.24, 2.45) is 0 Å². The monoisotopic (exact) mass is 249 g/mol. The summed E-state index contributed by atoms with van der Waals surface area (Å²) >= 11 is 0. The van der Waals surface area contributed by atoms with Gasteiger partial charge in [-0.15, -0.1) is 0 Å². The Bertz CT molecular complexity index is 580. The first kappa shape index (κ1) is 12.2. The molecule has 0 aliphatic carbocycles. The number of nitrogens with zero attached hydrogens (tertiary/aromatic N) is 2. The standard InChI is InChI=1S/C12H12FN3O2/c1-3-18-12(17)10-7(2)15-11(16-10)8-4-5-14-6-9(8)13/h4-6H,3H2,1-2H3,(H,15,16). The van der Waals surface area contributed by atoms with Crippen molar-refractivity contribution in [1.29, 1.82) is 0 Å². The van der Waals surface area contributed by atoms with Crippen LogP contribution in [0.15, 0.2) is 18.5 Å². The lowest BCUT2D eigenvalue weighted by molar-refractivity contribution is 0.0519. The Hall–Kier alpha value is -2.24. The zero-order chi connectivity index (χ0) is 13.1. The van der Waals surface area contributed by atoms with Crippen LogP contribution in [-0.2, 0) is 4.74 Å². The summed E-state index contributed by atoms with van der Waals surface area (Å²) in [5.74, 6) is -0.732. The van der Waals surface area contributed by atoms with Crippen LogP contribution in [0, 0.1) is 12.7 Å². The second kappa shape index (κ2) is 4.95. The van der Waals surface area contributed by atoms with Crippen molar-refractivity contribution in [3.05, 3.63) is 35.7 Å². The first-order chi connectivity index (χ1) is 8.63. The molecule has 1 N–H and O–H groups in total. The summed E-state index contributed by atoms with van der Waals surface area (Å²) in [6.45, 7) is 3.66. The Morgan fingerprint density at radius 1 is 1.56 bits per heavy atom. The van der Waals surface area contributed by atoms with Crippen LogP contribution in [0.2, 0.25) is 0 Å². The highest BCUT2D eigenvalue weighted by molar-refractivity contribution is 5.89. The average molecular weight is 249 g/mol. The van der Waals surface area contributed by atoms with Crippen molar-refractivity contribution >= 4 is 5.97 Å². The number of hydrogen-bond donors (Lipinski definition) is 1. The number of aromatic nitrogens is 3. The molecule has 6 heteroatoms. The van der Waals surface area contributed by atoms with Gasteiger partial charge in [-0.25, -0.2) is 14.2 Å². The summed E-state index contributed by atoms with van der Waals surface area (Å²) < 4.78 is 18.4. The van der Waals surface area contributed by atoms with Crippen molar-refractivity contribution < 1.29 is 13.9 Å². The lowest BCUT2D eigenvalue weighted by Gasteiger charge is -1.98. The molecule has 2 aromatic rings. The topological polar surface area (TPSA) is 67.9 Å². The van der Waals surface area contributed by atoms with Gasteiger partial charge in [0, 0.05) is 11.9 Å². The van der Waals surface area contributed by atoms with Crippen molar-refractivity contribution in [1.82, 2.24) is 15.0 Å². The molecule has 94 valence electrons. The largest absolute Gasteiger partial charge is 0.461 e. The van der Waals surface area contributed by atoms with E-state index in [0.29, 0.717) is 5.69 Å². The highest BCUT2D eigenvalue weighted by atomic mass is 19.1. The Balaban J connectivity index is 2.41. The Labute approximate surface area is 103 Å². The first-order valence-electron chi connectivity index (χ1n) is 5.47. The summed E-state index contributed by atoms with van der Waals surface area (Å²) in [6, 6.07) is 1.49. The molecule has 0 atom stereocenters. The van der Waals surface area contributed by atoms with Gasteiger partial charge >= 0.3 is 5.97 Å². The number of nitrogens with one attached hydrogen (secondary N) is 1. The summed E-state index contributed by atoms with van der Waals surface area (Å²) in [6.07, 6.45) is 2.55. The molecule has 0 radical (unpaired) electrons. The second-order valence-electron chi connectivity index (χ2n) is 3.64. The van der Waals surface area contributed by atoms with Crippen LogP contribution in [0.3, 0.4) is 0 Å². The molecule has 0 bridgehead atoms. The molecule has 0 saturated carbocycles. The van der Waals surface area contributed by atoms with Crippen LogP contribution < -0.4 is 0 Å². The number of imidazole rings is 1. The van der Waals surface area contributed by atoms with Gasteiger partial charge in [0.25, 0.3) is 0 Å². The number of carbonyl (C=O) groups excluding carboxylic acids is 1. The minimum atomic E-state index is -0.521. The summed E-state index contributed by atoms with van der Waals surface area (Å²) in [5.41, 5.74) is 0.978. The van der Waals surface area contributed by atoms with E-state index in [2.05, 4.69) is 15.0 Å². The minimum absolute atomic E-state index is 0.170. The van der Waals surface area contributed by atoms with Crippen molar-refractivity contribution in [3.63, 3.8) is 0 Å². The van der Waals surface area contributed by atoms with Gasteiger partial charge in [-0.1, -0.05) is 0 Å². The molecule has 0 aliphatic rings. The number of esters is 1. The Kier molecular flexibility index (Phi) is 3.36. The third-order valence-corrected chi connectivity index (χ3v) is 2.38. The summed E-state index contributed by atoms with van der Waals surface area (Å²) in [5, 5.41) is 0. The molecule has 0 unspecified atom stereocenters. The number of aryl methyl sites for hydroxylation is 1. The van der Waals surface area contributed by atoms with E-state index in [-0.39, 0.29) is 23.7 Å². The number of carbonyl (C=O) groups is 1. The van der Waals surface area contributed by atoms with E-state index in [4.69, 9.17) is 4.74 Å². The molecule has 0 saturated heterocycles. The molecule has 2 aromatic heterocycles. The molecule has 5 nitrogen and oxygen atoms in total. The molecule has 0 spiro atoms. The van der Waals surface area contributed by atoms with Gasteiger partial charge in [-0.3, -0.25) is 4.98 Å². The Morgan fingerprint density at radius 3 is 3.00 bits per heavy atom. The van der Waals surface area contributed by atoms with Gasteiger partial charge < -0.3 is 9.72 Å². The van der Waals surface area contributed by atoms with Crippen LogP contribution in [0.1, 0.15) is 23.1 Å². The lowest BCUT2D eigenvalue weighted by atomic mass is 10.2. The maximum absolute atomic E-state index is 13.5. The van der Waals surface area contributed by atoms with Crippen molar-refractivity contribution in [3.8, 4) is 11.4 Å². The van der Waals surface area contributed by atoms with Crippen LogP contribution >= 0.6 is 0 Å². The van der Waals surface area contributed by atoms with Gasteiger partial charge in [-0.2, -0.15) is 0 Å². The van der Waals surface area contributed by atoms with Gasteiger partial charge in [-0.05, 0) is 19.9 Å². The highest BCUT2D eigenvalue weighted by Gasteiger charge is 2.18. The third kappa shape index (κ3) is 2.22. The molecular formula is C12H12FN3O2. The van der Waals surface area contributed by atoms with E-state index >= 15 is 0 Å². The van der Waals surface area contributed by atoms with Crippen LogP contribution in [0.25, 0.3) is 11.4 Å². The number of aromatic amines is 1. The normalized spacial score (nSPS) is 10.4. The molecule has 0 aromatic carbocycles. The molecule has 18 heavy (non-hydrogen) atoms. The highest BCUT2D eigenvalue weighted by Crippen LogP contribution is 2.20. The molecule has 0 amide bonds. The third-order valence-electron chi connectivity index (χ3n) is 2.38. The van der Waals surface area contributed by atoms with E-state index in [1.807, 2.05) is 0 Å². The number of H-pyrrole nitrogens is 1. The smallest absolute Gasteiger partial charge is 0.358 e. The quantitative estimate of drug-likeness (QED) is 0.846. The SMILES string of the molecule is CCOC(=O)c1nc(-c2ccncc2F)[nH]c1C. The van der Waals surface area contributed by atoms with E-state index in [1.165, 1.54) is 12.3 Å². The fourth-order valence-electron chi connectivity index (χ4n) is 1.55. The zero-order valence-corrected chi connectivity index (χ0v) is 10.0. The van der Waals surface area contributed by atoms with E-state index in [1.54, 1.807) is 13.8 Å². The van der Waals surface area contributed by atoms with Gasteiger partial charge in [0.1, 0.15) is 5.82 Å². The van der Waals surface area contributed by atoms with Crippen molar-refractivity contribution in [2.45, 2.75) is 13.8 Å². The first-order valence-corrected chi connectivity index (χ1v) is 5.47. The predicted octanol–water partition coefficient (Wildman–Crippen LogP) is 2.10. The molecule has 2 heterocycles.